The second-order valence-corrected chi connectivity index (χ2v) is 10.7. The minimum Gasteiger partial charge on any atom is -0.493 e. The molecule has 1 amide bonds. The van der Waals surface area contributed by atoms with Gasteiger partial charge in [0.25, 0.3) is 5.91 Å². The van der Waals surface area contributed by atoms with Crippen molar-refractivity contribution in [2.45, 2.75) is 12.8 Å². The minimum atomic E-state index is -0.931. The zero-order valence-electron chi connectivity index (χ0n) is 20.1. The van der Waals surface area contributed by atoms with Crippen LogP contribution in [0.2, 0.25) is 10.0 Å². The Kier molecular flexibility index (Phi) is 9.27. The Morgan fingerprint density at radius 2 is 1.97 bits per heavy atom. The first-order chi connectivity index (χ1) is 18.2. The lowest BCUT2D eigenvalue weighted by Gasteiger charge is -2.16. The molecular formula is C27H22Cl2N2O5S2. The molecule has 0 unspecified atom stereocenters. The van der Waals surface area contributed by atoms with Gasteiger partial charge in [0, 0.05) is 17.1 Å². The number of aliphatic carboxylic acids is 1. The number of halogens is 2. The van der Waals surface area contributed by atoms with Crippen molar-refractivity contribution in [3.8, 4) is 22.8 Å². The maximum Gasteiger partial charge on any atom is 0.307 e. The number of carbonyl (C=O) groups is 2. The molecule has 11 heteroatoms. The molecular weight excluding hydrogens is 567 g/mol. The number of amides is 1. The lowest BCUT2D eigenvalue weighted by atomic mass is 10.1. The second-order valence-electron chi connectivity index (χ2n) is 8.16. The van der Waals surface area contributed by atoms with Crippen LogP contribution in [0.4, 0.5) is 0 Å². The van der Waals surface area contributed by atoms with Crippen LogP contribution in [-0.4, -0.2) is 51.4 Å². The number of carbonyl (C=O) groups excluding carboxylic acids is 1. The summed E-state index contributed by atoms with van der Waals surface area (Å²) in [6, 6.07) is 15.7. The molecule has 0 atom stereocenters. The van der Waals surface area contributed by atoms with E-state index in [9.17, 15) is 9.59 Å². The molecule has 0 aliphatic carbocycles. The number of thiocarbonyl (C=S) groups is 1. The molecule has 7 nitrogen and oxygen atoms in total. The number of pyridine rings is 1. The highest BCUT2D eigenvalue weighted by Crippen LogP contribution is 2.34. The Morgan fingerprint density at radius 1 is 1.16 bits per heavy atom. The summed E-state index contributed by atoms with van der Waals surface area (Å²) in [7, 11) is 1.51. The van der Waals surface area contributed by atoms with E-state index in [4.69, 9.17) is 50.0 Å². The number of rotatable bonds is 10. The van der Waals surface area contributed by atoms with E-state index in [1.807, 2.05) is 12.1 Å². The number of carboxylic acids is 1. The van der Waals surface area contributed by atoms with E-state index in [0.717, 1.165) is 5.56 Å². The lowest BCUT2D eigenvalue weighted by Crippen LogP contribution is -2.30. The van der Waals surface area contributed by atoms with Gasteiger partial charge in [0.2, 0.25) is 0 Å². The maximum absolute atomic E-state index is 13.0. The van der Waals surface area contributed by atoms with Crippen molar-refractivity contribution < 1.29 is 24.2 Å². The summed E-state index contributed by atoms with van der Waals surface area (Å²) >= 11 is 19.0. The van der Waals surface area contributed by atoms with Crippen LogP contribution < -0.4 is 9.47 Å². The molecule has 1 aliphatic rings. The molecule has 1 saturated heterocycles. The van der Waals surface area contributed by atoms with Crippen LogP contribution in [0.15, 0.2) is 59.5 Å². The third-order valence-corrected chi connectivity index (χ3v) is 7.42. The first kappa shape index (κ1) is 27.9. The maximum atomic E-state index is 13.0. The fraction of sp³-hybridized carbons (Fsp3) is 0.185. The van der Waals surface area contributed by atoms with Crippen LogP contribution in [-0.2, 0) is 16.0 Å². The second kappa shape index (κ2) is 12.6. The van der Waals surface area contributed by atoms with E-state index in [0.29, 0.717) is 60.7 Å². The van der Waals surface area contributed by atoms with Gasteiger partial charge in [-0.05, 0) is 60.5 Å². The number of methoxy groups -OCH3 is 1. The zero-order chi connectivity index (χ0) is 27.2. The summed E-state index contributed by atoms with van der Waals surface area (Å²) in [6.07, 6.45) is 2.10. The van der Waals surface area contributed by atoms with Gasteiger partial charge in [-0.25, -0.2) is 4.98 Å². The van der Waals surface area contributed by atoms with Gasteiger partial charge >= 0.3 is 5.97 Å². The van der Waals surface area contributed by atoms with E-state index in [1.54, 1.807) is 48.5 Å². The van der Waals surface area contributed by atoms with Gasteiger partial charge in [0.15, 0.2) is 11.5 Å². The zero-order valence-corrected chi connectivity index (χ0v) is 23.3. The lowest BCUT2D eigenvalue weighted by molar-refractivity contribution is -0.136. The molecule has 2 aromatic carbocycles. The summed E-state index contributed by atoms with van der Waals surface area (Å²) in [4.78, 5) is 30.7. The van der Waals surface area contributed by atoms with Gasteiger partial charge in [0.1, 0.15) is 4.32 Å². The molecule has 2 heterocycles. The van der Waals surface area contributed by atoms with Crippen molar-refractivity contribution in [1.29, 1.82) is 0 Å². The fourth-order valence-electron chi connectivity index (χ4n) is 3.73. The molecule has 0 spiro atoms. The quantitative estimate of drug-likeness (QED) is 0.166. The van der Waals surface area contributed by atoms with Gasteiger partial charge in [-0.3, -0.25) is 14.5 Å². The standard InChI is InChI=1S/C27H22Cl2N2O5S2/c1-35-22-9-6-16(13-25(32)33)12-23(22)36-11-3-10-31-26(34)24(38-27(31)37)15-18-4-2-5-21(30-18)19-8-7-17(28)14-20(19)29/h2,4-9,12,14-15H,3,10-11,13H2,1H3,(H,32,33)/b24-15-. The third kappa shape index (κ3) is 6.85. The van der Waals surface area contributed by atoms with Gasteiger partial charge in [-0.15, -0.1) is 0 Å². The number of thioether (sulfide) groups is 1. The molecule has 1 aliphatic heterocycles. The van der Waals surface area contributed by atoms with Crippen LogP contribution in [0.1, 0.15) is 17.7 Å². The molecule has 0 saturated carbocycles. The van der Waals surface area contributed by atoms with Crippen LogP contribution >= 0.6 is 47.2 Å². The van der Waals surface area contributed by atoms with Crippen molar-refractivity contribution in [3.63, 3.8) is 0 Å². The summed E-state index contributed by atoms with van der Waals surface area (Å²) in [5, 5.41) is 10.1. The monoisotopic (exact) mass is 588 g/mol. The summed E-state index contributed by atoms with van der Waals surface area (Å²) in [6.45, 7) is 0.654. The number of ether oxygens (including phenoxy) is 2. The van der Waals surface area contributed by atoms with E-state index in [-0.39, 0.29) is 18.9 Å². The first-order valence-electron chi connectivity index (χ1n) is 11.4. The minimum absolute atomic E-state index is 0.117. The predicted octanol–water partition coefficient (Wildman–Crippen LogP) is 6.36. The normalized spacial score (nSPS) is 14.3. The topological polar surface area (TPSA) is 89.0 Å². The molecule has 1 N–H and O–H groups in total. The molecule has 4 rings (SSSR count). The van der Waals surface area contributed by atoms with Crippen molar-refractivity contribution in [2.24, 2.45) is 0 Å². The summed E-state index contributed by atoms with van der Waals surface area (Å²) < 4.78 is 11.6. The number of aromatic nitrogens is 1. The highest BCUT2D eigenvalue weighted by Gasteiger charge is 2.31. The number of hydrogen-bond acceptors (Lipinski definition) is 7. The first-order valence-corrected chi connectivity index (χ1v) is 13.4. The third-order valence-electron chi connectivity index (χ3n) is 5.50. The number of benzene rings is 2. The fourth-order valence-corrected chi connectivity index (χ4v) is 5.53. The smallest absolute Gasteiger partial charge is 0.307 e. The number of hydrogen-bond donors (Lipinski definition) is 1. The Morgan fingerprint density at radius 3 is 2.71 bits per heavy atom. The Bertz CT molecular complexity index is 1430. The van der Waals surface area contributed by atoms with Crippen LogP contribution in [0.3, 0.4) is 0 Å². The van der Waals surface area contributed by atoms with Crippen molar-refractivity contribution in [1.82, 2.24) is 9.88 Å². The van der Waals surface area contributed by atoms with E-state index in [2.05, 4.69) is 4.98 Å². The molecule has 196 valence electrons. The molecule has 0 radical (unpaired) electrons. The highest BCUT2D eigenvalue weighted by atomic mass is 35.5. The average Bonchev–Trinajstić information content (AvgIpc) is 3.13. The average molecular weight is 590 g/mol. The van der Waals surface area contributed by atoms with Crippen molar-refractivity contribution in [2.75, 3.05) is 20.3 Å². The largest absolute Gasteiger partial charge is 0.493 e. The van der Waals surface area contributed by atoms with Gasteiger partial charge in [0.05, 0.1) is 41.5 Å². The number of carboxylic acid groups (broad SMARTS) is 1. The van der Waals surface area contributed by atoms with Crippen LogP contribution in [0.5, 0.6) is 11.5 Å². The number of nitrogens with zero attached hydrogens (tertiary/aromatic N) is 2. The van der Waals surface area contributed by atoms with Gasteiger partial charge < -0.3 is 14.6 Å². The molecule has 1 aromatic heterocycles. The van der Waals surface area contributed by atoms with Gasteiger partial charge in [-0.2, -0.15) is 0 Å². The molecule has 3 aromatic rings. The van der Waals surface area contributed by atoms with E-state index in [1.165, 1.54) is 23.8 Å². The van der Waals surface area contributed by atoms with Crippen molar-refractivity contribution >= 4 is 69.5 Å². The summed E-state index contributed by atoms with van der Waals surface area (Å²) in [5.74, 6) is -0.178. The Hall–Kier alpha value is -3.11. The van der Waals surface area contributed by atoms with E-state index >= 15 is 0 Å². The van der Waals surface area contributed by atoms with Crippen LogP contribution in [0, 0.1) is 0 Å². The van der Waals surface area contributed by atoms with E-state index < -0.39 is 5.97 Å². The van der Waals surface area contributed by atoms with Crippen molar-refractivity contribution in [3.05, 3.63) is 80.8 Å². The Labute approximate surface area is 239 Å². The molecule has 38 heavy (non-hydrogen) atoms. The van der Waals surface area contributed by atoms with Crippen LogP contribution in [0.25, 0.3) is 17.3 Å². The SMILES string of the molecule is COc1ccc(CC(=O)O)cc1OCCCN1C(=O)/C(=C/c2cccc(-c3ccc(Cl)cc3Cl)n2)SC1=S. The summed E-state index contributed by atoms with van der Waals surface area (Å²) in [5.41, 5.74) is 2.61. The Balaban J connectivity index is 1.39. The van der Waals surface area contributed by atoms with Gasteiger partial charge in [-0.1, -0.05) is 59.3 Å². The predicted molar refractivity (Wildman–Crippen MR) is 154 cm³/mol. The molecule has 0 bridgehead atoms. The molecule has 1 fully saturated rings. The highest BCUT2D eigenvalue weighted by molar-refractivity contribution is 8.26.